The topological polar surface area (TPSA) is 115 Å². The molecule has 3 aliphatic heterocycles. The molecule has 210 valence electrons. The number of ether oxygens (including phenoxy) is 1. The number of likely N-dealkylation sites (tertiary alicyclic amines) is 2. The van der Waals surface area contributed by atoms with Gasteiger partial charge in [0.05, 0.1) is 41.5 Å². The zero-order chi connectivity index (χ0) is 27.5. The summed E-state index contributed by atoms with van der Waals surface area (Å²) in [5, 5.41) is 8.83. The summed E-state index contributed by atoms with van der Waals surface area (Å²) >= 11 is 1.34. The number of hydrogen-bond acceptors (Lipinski definition) is 9. The Kier molecular flexibility index (Phi) is 6.27. The summed E-state index contributed by atoms with van der Waals surface area (Å²) in [7, 11) is 0. The lowest BCUT2D eigenvalue weighted by atomic mass is 9.71. The fraction of sp³-hybridized carbons (Fsp3) is 0.586. The predicted octanol–water partition coefficient (Wildman–Crippen LogP) is 3.87. The van der Waals surface area contributed by atoms with E-state index in [1.54, 1.807) is 11.7 Å². The summed E-state index contributed by atoms with van der Waals surface area (Å²) in [6, 6.07) is 5.99. The number of nitrogens with zero attached hydrogens (tertiary/aromatic N) is 6. The molecule has 11 heteroatoms. The first-order valence-corrected chi connectivity index (χ1v) is 15.1. The molecule has 1 aliphatic carbocycles. The molecule has 2 amide bonds. The Morgan fingerprint density at radius 2 is 1.95 bits per heavy atom. The Morgan fingerprint density at radius 1 is 1.12 bits per heavy atom. The van der Waals surface area contributed by atoms with Gasteiger partial charge in [-0.3, -0.25) is 19.6 Å². The Balaban J connectivity index is 1.09. The van der Waals surface area contributed by atoms with E-state index in [4.69, 9.17) is 14.1 Å². The van der Waals surface area contributed by atoms with E-state index in [1.165, 1.54) is 11.3 Å². The van der Waals surface area contributed by atoms with Gasteiger partial charge in [-0.05, 0) is 43.2 Å². The average Bonchev–Trinajstić information content (AvgIpc) is 3.46. The third kappa shape index (κ3) is 4.62. The Labute approximate surface area is 237 Å². The van der Waals surface area contributed by atoms with E-state index in [0.29, 0.717) is 49.3 Å². The summed E-state index contributed by atoms with van der Waals surface area (Å²) < 4.78 is 12.2. The first kappa shape index (κ1) is 25.8. The van der Waals surface area contributed by atoms with Gasteiger partial charge in [0.25, 0.3) is 5.91 Å². The van der Waals surface area contributed by atoms with Crippen LogP contribution in [0.1, 0.15) is 84.4 Å². The number of rotatable bonds is 6. The van der Waals surface area contributed by atoms with Crippen LogP contribution in [0.15, 0.2) is 34.3 Å². The SMILES string of the molecule is CC1(C)C[C@@H]1C(=O)N1CC2(CN(C(=O)c3cncs3)CC2c2nnc(Cc3cccc(C4CCCCO4)n3)o2)C1. The highest BCUT2D eigenvalue weighted by Gasteiger charge is 2.61. The molecule has 0 bridgehead atoms. The molecule has 3 atom stereocenters. The van der Waals surface area contributed by atoms with Crippen molar-refractivity contribution in [2.24, 2.45) is 16.7 Å². The summed E-state index contributed by atoms with van der Waals surface area (Å²) in [6.45, 7) is 7.28. The fourth-order valence-electron chi connectivity index (χ4n) is 6.62. The van der Waals surface area contributed by atoms with Gasteiger partial charge in [0.1, 0.15) is 4.88 Å². The lowest BCUT2D eigenvalue weighted by Gasteiger charge is -2.50. The second kappa shape index (κ2) is 9.73. The third-order valence-corrected chi connectivity index (χ3v) is 9.92. The molecule has 3 saturated heterocycles. The zero-order valence-corrected chi connectivity index (χ0v) is 23.7. The van der Waals surface area contributed by atoms with Gasteiger partial charge in [-0.25, -0.2) is 0 Å². The van der Waals surface area contributed by atoms with Crippen LogP contribution in [0.2, 0.25) is 0 Å². The molecular formula is C29H34N6O4S. The molecule has 4 fully saturated rings. The minimum Gasteiger partial charge on any atom is -0.424 e. The molecule has 4 aliphatic rings. The molecular weight excluding hydrogens is 528 g/mol. The van der Waals surface area contributed by atoms with Gasteiger partial charge < -0.3 is 19.0 Å². The van der Waals surface area contributed by atoms with Gasteiger partial charge in [-0.15, -0.1) is 21.5 Å². The maximum absolute atomic E-state index is 13.3. The fourth-order valence-corrected chi connectivity index (χ4v) is 7.21. The minimum absolute atomic E-state index is 0.0387. The van der Waals surface area contributed by atoms with Crippen molar-refractivity contribution in [3.05, 3.63) is 58.0 Å². The average molecular weight is 563 g/mol. The first-order chi connectivity index (χ1) is 19.3. The van der Waals surface area contributed by atoms with E-state index in [2.05, 4.69) is 29.0 Å². The molecule has 3 aromatic rings. The van der Waals surface area contributed by atoms with Crippen molar-refractivity contribution in [2.45, 2.75) is 58.0 Å². The van der Waals surface area contributed by atoms with Crippen molar-refractivity contribution >= 4 is 23.2 Å². The number of carbonyl (C=O) groups excluding carboxylic acids is 2. The van der Waals surface area contributed by atoms with Crippen LogP contribution < -0.4 is 0 Å². The number of carbonyl (C=O) groups is 2. The molecule has 3 aromatic heterocycles. The van der Waals surface area contributed by atoms with E-state index >= 15 is 0 Å². The van der Waals surface area contributed by atoms with Crippen LogP contribution in [0.5, 0.6) is 0 Å². The number of hydrogen-bond donors (Lipinski definition) is 0. The quantitative estimate of drug-likeness (QED) is 0.445. The molecule has 6 heterocycles. The Hall–Kier alpha value is -3.18. The van der Waals surface area contributed by atoms with Gasteiger partial charge in [-0.2, -0.15) is 0 Å². The summed E-state index contributed by atoms with van der Waals surface area (Å²) in [5.41, 5.74) is 3.26. The lowest BCUT2D eigenvalue weighted by Crippen LogP contribution is -2.62. The molecule has 40 heavy (non-hydrogen) atoms. The van der Waals surface area contributed by atoms with Gasteiger partial charge in [0.2, 0.25) is 17.7 Å². The monoisotopic (exact) mass is 562 g/mol. The van der Waals surface area contributed by atoms with Crippen LogP contribution in [0.3, 0.4) is 0 Å². The Bertz CT molecular complexity index is 1410. The first-order valence-electron chi connectivity index (χ1n) is 14.2. The van der Waals surface area contributed by atoms with Crippen LogP contribution >= 0.6 is 11.3 Å². The van der Waals surface area contributed by atoms with Crippen molar-refractivity contribution in [1.82, 2.24) is 30.0 Å². The van der Waals surface area contributed by atoms with Crippen molar-refractivity contribution in [1.29, 1.82) is 0 Å². The second-order valence-corrected chi connectivity index (χ2v) is 13.4. The van der Waals surface area contributed by atoms with E-state index < -0.39 is 0 Å². The summed E-state index contributed by atoms with van der Waals surface area (Å²) in [4.78, 5) is 39.7. The molecule has 0 radical (unpaired) electrons. The summed E-state index contributed by atoms with van der Waals surface area (Å²) in [5.74, 6) is 1.16. The van der Waals surface area contributed by atoms with E-state index in [0.717, 1.165) is 43.7 Å². The molecule has 2 unspecified atom stereocenters. The predicted molar refractivity (Wildman–Crippen MR) is 146 cm³/mol. The highest BCUT2D eigenvalue weighted by Crippen LogP contribution is 2.55. The smallest absolute Gasteiger partial charge is 0.265 e. The van der Waals surface area contributed by atoms with Crippen molar-refractivity contribution in [2.75, 3.05) is 32.8 Å². The standard InChI is InChI=1S/C29H34N6O4S/c1-28(2)11-19(28)26(36)35-15-29(16-35)14-34(27(37)23-12-30-17-40-23)13-20(29)25-33-32-24(39-25)10-18-6-5-7-21(31-18)22-8-3-4-9-38-22/h5-7,12,17,19-20,22H,3-4,8-11,13-16H2,1-2H3/t19-,20?,22?/m1/s1. The van der Waals surface area contributed by atoms with Crippen molar-refractivity contribution in [3.8, 4) is 0 Å². The lowest BCUT2D eigenvalue weighted by molar-refractivity contribution is -0.146. The number of aromatic nitrogens is 4. The van der Waals surface area contributed by atoms with Crippen molar-refractivity contribution in [3.63, 3.8) is 0 Å². The number of amides is 2. The van der Waals surface area contributed by atoms with Gasteiger partial charge in [0, 0.05) is 44.1 Å². The van der Waals surface area contributed by atoms with Gasteiger partial charge in [-0.1, -0.05) is 19.9 Å². The van der Waals surface area contributed by atoms with Crippen LogP contribution in [-0.2, 0) is 16.0 Å². The number of pyridine rings is 1. The maximum atomic E-state index is 13.3. The van der Waals surface area contributed by atoms with Crippen LogP contribution in [0.4, 0.5) is 0 Å². The van der Waals surface area contributed by atoms with Gasteiger partial charge in [0.15, 0.2) is 0 Å². The molecule has 1 saturated carbocycles. The molecule has 10 nitrogen and oxygen atoms in total. The zero-order valence-electron chi connectivity index (χ0n) is 22.9. The second-order valence-electron chi connectivity index (χ2n) is 12.5. The van der Waals surface area contributed by atoms with Gasteiger partial charge >= 0.3 is 0 Å². The maximum Gasteiger partial charge on any atom is 0.265 e. The van der Waals surface area contributed by atoms with Crippen molar-refractivity contribution < 1.29 is 18.7 Å². The Morgan fingerprint density at radius 3 is 2.67 bits per heavy atom. The highest BCUT2D eigenvalue weighted by atomic mass is 32.1. The highest BCUT2D eigenvalue weighted by molar-refractivity contribution is 7.11. The van der Waals surface area contributed by atoms with Crippen LogP contribution in [0.25, 0.3) is 0 Å². The molecule has 0 N–H and O–H groups in total. The minimum atomic E-state index is -0.296. The molecule has 1 spiro atoms. The third-order valence-electron chi connectivity index (χ3n) is 9.16. The van der Waals surface area contributed by atoms with Crippen LogP contribution in [0, 0.1) is 16.7 Å². The molecule has 7 rings (SSSR count). The van der Waals surface area contributed by atoms with E-state index in [-0.39, 0.29) is 40.6 Å². The summed E-state index contributed by atoms with van der Waals surface area (Å²) in [6.07, 6.45) is 6.25. The van der Waals surface area contributed by atoms with E-state index in [1.807, 2.05) is 28.0 Å². The van der Waals surface area contributed by atoms with Crippen LogP contribution in [-0.4, -0.2) is 74.6 Å². The normalized spacial score (nSPS) is 26.6. The number of thiazole rings is 1. The molecule has 0 aromatic carbocycles. The largest absolute Gasteiger partial charge is 0.424 e. The van der Waals surface area contributed by atoms with E-state index in [9.17, 15) is 9.59 Å².